The zero-order chi connectivity index (χ0) is 21.8. The lowest BCUT2D eigenvalue weighted by atomic mass is 10.0. The second-order valence-electron chi connectivity index (χ2n) is 8.26. The van der Waals surface area contributed by atoms with Gasteiger partial charge in [-0.25, -0.2) is 0 Å². The van der Waals surface area contributed by atoms with Crippen molar-refractivity contribution in [2.24, 2.45) is 0 Å². The predicted octanol–water partition coefficient (Wildman–Crippen LogP) is 1.30. The predicted molar refractivity (Wildman–Crippen MR) is 117 cm³/mol. The molecule has 2 aromatic rings. The molecule has 0 aromatic carbocycles. The van der Waals surface area contributed by atoms with Gasteiger partial charge in [-0.1, -0.05) is 6.07 Å². The van der Waals surface area contributed by atoms with E-state index >= 15 is 0 Å². The fraction of sp³-hybridized carbons (Fsp3) is 0.545. The molecule has 3 unspecified atom stereocenters. The molecule has 0 bridgehead atoms. The number of fused-ring (bicyclic) bond motifs is 1. The van der Waals surface area contributed by atoms with Crippen molar-refractivity contribution >= 4 is 23.2 Å². The Hall–Kier alpha value is -2.20. The van der Waals surface area contributed by atoms with Crippen LogP contribution in [0.4, 0.5) is 0 Å². The number of rotatable bonds is 8. The van der Waals surface area contributed by atoms with Gasteiger partial charge in [0.15, 0.2) is 0 Å². The molecule has 0 spiro atoms. The van der Waals surface area contributed by atoms with Crippen LogP contribution in [0.25, 0.3) is 0 Å². The summed E-state index contributed by atoms with van der Waals surface area (Å²) in [6, 6.07) is 7.60. The Morgan fingerprint density at radius 3 is 2.94 bits per heavy atom. The van der Waals surface area contributed by atoms with Gasteiger partial charge in [0.05, 0.1) is 13.1 Å². The highest BCUT2D eigenvalue weighted by Gasteiger charge is 2.45. The molecule has 2 aromatic heterocycles. The number of likely N-dealkylation sites (N-methyl/N-ethyl adjacent to an activating group) is 1. The number of aliphatic hydroxyl groups excluding tert-OH is 1. The first kappa shape index (κ1) is 22.0. The molecule has 2 amide bonds. The summed E-state index contributed by atoms with van der Waals surface area (Å²) in [7, 11) is 2.06. The Labute approximate surface area is 186 Å². The maximum atomic E-state index is 12.9. The van der Waals surface area contributed by atoms with Crippen LogP contribution < -0.4 is 10.6 Å². The topological polar surface area (TPSA) is 98.1 Å². The molecule has 2 fully saturated rings. The Morgan fingerprint density at radius 1 is 1.35 bits per heavy atom. The lowest BCUT2D eigenvalue weighted by molar-refractivity contribution is -0.126. The molecule has 4 rings (SSSR count). The monoisotopic (exact) mass is 446 g/mol. The lowest BCUT2D eigenvalue weighted by Crippen LogP contribution is -2.49. The normalized spacial score (nSPS) is 24.6. The molecular formula is C22H30N4O4S. The molecule has 0 saturated carbocycles. The van der Waals surface area contributed by atoms with Gasteiger partial charge in [-0.2, -0.15) is 0 Å². The van der Waals surface area contributed by atoms with Crippen LogP contribution in [0.5, 0.6) is 0 Å². The number of carbonyl (C=O) groups is 2. The quantitative estimate of drug-likeness (QED) is 0.566. The number of amides is 2. The van der Waals surface area contributed by atoms with Crippen molar-refractivity contribution < 1.29 is 19.1 Å². The van der Waals surface area contributed by atoms with Crippen molar-refractivity contribution in [1.29, 1.82) is 0 Å². The number of thiophene rings is 1. The van der Waals surface area contributed by atoms with E-state index in [1.165, 1.54) is 0 Å². The summed E-state index contributed by atoms with van der Waals surface area (Å²) in [5.74, 6) is 1.36. The first-order valence-electron chi connectivity index (χ1n) is 10.8. The van der Waals surface area contributed by atoms with E-state index in [-0.39, 0.29) is 36.5 Å². The minimum absolute atomic E-state index is 0.0351. The summed E-state index contributed by atoms with van der Waals surface area (Å²) < 4.78 is 5.62. The maximum absolute atomic E-state index is 12.9. The van der Waals surface area contributed by atoms with Crippen LogP contribution in [0.2, 0.25) is 0 Å². The molecule has 168 valence electrons. The molecule has 3 N–H and O–H groups in total. The van der Waals surface area contributed by atoms with Gasteiger partial charge in [-0.05, 0) is 43.5 Å². The molecule has 8 nitrogen and oxygen atoms in total. The zero-order valence-corrected chi connectivity index (χ0v) is 18.6. The van der Waals surface area contributed by atoms with Gasteiger partial charge in [-0.15, -0.1) is 11.3 Å². The van der Waals surface area contributed by atoms with Gasteiger partial charge in [0.1, 0.15) is 24.2 Å². The number of nitrogens with zero attached hydrogens (tertiary/aromatic N) is 2. The van der Waals surface area contributed by atoms with Crippen LogP contribution in [0, 0.1) is 0 Å². The second-order valence-corrected chi connectivity index (χ2v) is 9.29. The third-order valence-electron chi connectivity index (χ3n) is 6.33. The van der Waals surface area contributed by atoms with E-state index in [1.807, 2.05) is 23.6 Å². The highest BCUT2D eigenvalue weighted by Crippen LogP contribution is 2.29. The summed E-state index contributed by atoms with van der Waals surface area (Å²) in [6.45, 7) is 2.33. The summed E-state index contributed by atoms with van der Waals surface area (Å²) in [6.07, 6.45) is 2.03. The highest BCUT2D eigenvalue weighted by molar-refractivity contribution is 7.09. The minimum Gasteiger partial charge on any atom is -0.462 e. The molecule has 2 saturated heterocycles. The van der Waals surface area contributed by atoms with Crippen molar-refractivity contribution in [3.05, 3.63) is 46.0 Å². The van der Waals surface area contributed by atoms with Crippen LogP contribution >= 0.6 is 11.3 Å². The van der Waals surface area contributed by atoms with E-state index in [1.54, 1.807) is 17.4 Å². The number of carbonyl (C=O) groups excluding carboxylic acids is 2. The van der Waals surface area contributed by atoms with Crippen molar-refractivity contribution in [3.8, 4) is 0 Å². The first-order valence-corrected chi connectivity index (χ1v) is 11.6. The third kappa shape index (κ3) is 5.17. The maximum Gasteiger partial charge on any atom is 0.239 e. The summed E-state index contributed by atoms with van der Waals surface area (Å²) in [4.78, 5) is 30.8. The van der Waals surface area contributed by atoms with Gasteiger partial charge >= 0.3 is 0 Å². The fourth-order valence-corrected chi connectivity index (χ4v) is 5.25. The zero-order valence-electron chi connectivity index (χ0n) is 17.8. The Kier molecular flexibility index (Phi) is 7.06. The Morgan fingerprint density at radius 2 is 2.19 bits per heavy atom. The van der Waals surface area contributed by atoms with E-state index in [0.29, 0.717) is 38.2 Å². The van der Waals surface area contributed by atoms with E-state index in [2.05, 4.69) is 27.5 Å². The average molecular weight is 447 g/mol. The molecule has 0 aliphatic carbocycles. The molecule has 0 radical (unpaired) electrons. The van der Waals surface area contributed by atoms with E-state index in [4.69, 9.17) is 4.42 Å². The van der Waals surface area contributed by atoms with Crippen LogP contribution in [0.1, 0.15) is 35.7 Å². The summed E-state index contributed by atoms with van der Waals surface area (Å²) >= 11 is 1.63. The molecular weight excluding hydrogens is 416 g/mol. The highest BCUT2D eigenvalue weighted by atomic mass is 32.1. The first-order chi connectivity index (χ1) is 15.0. The van der Waals surface area contributed by atoms with Crippen molar-refractivity contribution in [2.75, 3.05) is 20.1 Å². The molecule has 31 heavy (non-hydrogen) atoms. The van der Waals surface area contributed by atoms with Gasteiger partial charge in [0, 0.05) is 36.5 Å². The van der Waals surface area contributed by atoms with Gasteiger partial charge in [-0.3, -0.25) is 19.4 Å². The largest absolute Gasteiger partial charge is 0.462 e. The second kappa shape index (κ2) is 9.95. The number of nitrogens with one attached hydrogen (secondary N) is 2. The van der Waals surface area contributed by atoms with Crippen molar-refractivity contribution in [3.63, 3.8) is 0 Å². The smallest absolute Gasteiger partial charge is 0.239 e. The number of likely N-dealkylation sites (tertiary alicyclic amines) is 1. The molecule has 2 aliphatic rings. The Bertz CT molecular complexity index is 884. The van der Waals surface area contributed by atoms with Gasteiger partial charge in [0.2, 0.25) is 11.8 Å². The number of aliphatic hydroxyl groups is 1. The summed E-state index contributed by atoms with van der Waals surface area (Å²) in [5.41, 5.74) is 0. The fourth-order valence-electron chi connectivity index (χ4n) is 4.60. The molecule has 3 atom stereocenters. The minimum atomic E-state index is -0.245. The van der Waals surface area contributed by atoms with E-state index in [9.17, 15) is 14.7 Å². The Balaban J connectivity index is 1.33. The summed E-state index contributed by atoms with van der Waals surface area (Å²) in [5, 5.41) is 17.3. The van der Waals surface area contributed by atoms with Gasteiger partial charge in [0.25, 0.3) is 0 Å². The number of furan rings is 1. The standard InChI is InChI=1S/C22H30N4O4S/c1-25-15(4-7-20(28)23-12-18-3-2-10-31-18)11-24-22(29)21-19(25)8-9-26(21)13-16-5-6-17(14-27)30-16/h2-3,5-6,10,15,19,21,27H,4,7-9,11-14H2,1H3,(H,23,28)(H,24,29). The third-order valence-corrected chi connectivity index (χ3v) is 7.20. The van der Waals surface area contributed by atoms with Crippen LogP contribution in [-0.4, -0.2) is 65.0 Å². The average Bonchev–Trinajstić information content (AvgIpc) is 3.51. The van der Waals surface area contributed by atoms with Crippen LogP contribution in [0.15, 0.2) is 34.1 Å². The lowest BCUT2D eigenvalue weighted by Gasteiger charge is -2.33. The van der Waals surface area contributed by atoms with Crippen molar-refractivity contribution in [2.45, 2.75) is 57.1 Å². The molecule has 2 aliphatic heterocycles. The number of hydrogen-bond acceptors (Lipinski definition) is 7. The molecule has 9 heteroatoms. The molecule has 4 heterocycles. The van der Waals surface area contributed by atoms with E-state index < -0.39 is 0 Å². The van der Waals surface area contributed by atoms with Crippen molar-refractivity contribution in [1.82, 2.24) is 20.4 Å². The SMILES string of the molecule is CN1C(CCC(=O)NCc2cccs2)CNC(=O)C2C1CCN2Cc1ccc(CO)o1. The van der Waals surface area contributed by atoms with Gasteiger partial charge < -0.3 is 20.2 Å². The van der Waals surface area contributed by atoms with Crippen LogP contribution in [0.3, 0.4) is 0 Å². The number of hydrogen-bond donors (Lipinski definition) is 3. The van der Waals surface area contributed by atoms with E-state index in [0.717, 1.165) is 23.6 Å². The van der Waals surface area contributed by atoms with Crippen LogP contribution in [-0.2, 0) is 29.3 Å².